The maximum Gasteiger partial charge on any atom is 0.412 e. The number of carbonyl (C=O) groups excluding carboxylic acids is 1. The minimum atomic E-state index is -0.519. The molecule has 31 heavy (non-hydrogen) atoms. The van der Waals surface area contributed by atoms with E-state index in [-0.39, 0.29) is 0 Å². The summed E-state index contributed by atoms with van der Waals surface area (Å²) in [5.74, 6) is 0.750. The highest BCUT2D eigenvalue weighted by molar-refractivity contribution is 5.84. The molecule has 7 nitrogen and oxygen atoms in total. The summed E-state index contributed by atoms with van der Waals surface area (Å²) in [4.78, 5) is 16.1. The molecule has 0 unspecified atom stereocenters. The lowest BCUT2D eigenvalue weighted by Crippen LogP contribution is -2.37. The zero-order valence-corrected chi connectivity index (χ0v) is 19.1. The second-order valence-corrected chi connectivity index (χ2v) is 8.18. The largest absolute Gasteiger partial charge is 0.444 e. The van der Waals surface area contributed by atoms with Crippen molar-refractivity contribution in [3.8, 4) is 0 Å². The van der Waals surface area contributed by atoms with E-state index in [9.17, 15) is 4.79 Å². The topological polar surface area (TPSA) is 84.0 Å². The number of benzene rings is 2. The number of anilines is 1. The van der Waals surface area contributed by atoms with Gasteiger partial charge in [0.25, 0.3) is 0 Å². The summed E-state index contributed by atoms with van der Waals surface area (Å²) in [6.07, 6.45) is 0.376. The minimum Gasteiger partial charge on any atom is -0.444 e. The molecule has 0 aliphatic heterocycles. The van der Waals surface area contributed by atoms with Crippen molar-refractivity contribution >= 4 is 17.7 Å². The summed E-state index contributed by atoms with van der Waals surface area (Å²) >= 11 is 0. The summed E-state index contributed by atoms with van der Waals surface area (Å²) in [5.41, 5.74) is 3.67. The van der Waals surface area contributed by atoms with Crippen LogP contribution in [0.15, 0.2) is 53.5 Å². The summed E-state index contributed by atoms with van der Waals surface area (Å²) < 4.78 is 10.4. The Labute approximate surface area is 185 Å². The van der Waals surface area contributed by atoms with E-state index in [1.165, 1.54) is 5.56 Å². The highest BCUT2D eigenvalue weighted by Gasteiger charge is 2.16. The van der Waals surface area contributed by atoms with Gasteiger partial charge < -0.3 is 20.1 Å². The molecule has 0 bridgehead atoms. The maximum atomic E-state index is 11.8. The van der Waals surface area contributed by atoms with Crippen molar-refractivity contribution in [1.82, 2.24) is 10.6 Å². The molecule has 1 amide bonds. The molecular weight excluding hydrogens is 392 g/mol. The standard InChI is InChI=1S/C24H34N4O3/c1-24(2,3)31-23(29)28-21-11-9-18(10-12-21)13-14-26-22(25-4)27-16-19-7-6-8-20(15-19)17-30-5/h6-12,15H,13-14,16-17H2,1-5H3,(H,28,29)(H2,25,26,27). The first-order valence-corrected chi connectivity index (χ1v) is 10.4. The first kappa shape index (κ1) is 24.2. The van der Waals surface area contributed by atoms with E-state index in [0.29, 0.717) is 18.8 Å². The highest BCUT2D eigenvalue weighted by atomic mass is 16.6. The summed E-state index contributed by atoms with van der Waals surface area (Å²) in [5, 5.41) is 9.39. The molecule has 0 spiro atoms. The van der Waals surface area contributed by atoms with Crippen LogP contribution in [0, 0.1) is 0 Å². The summed E-state index contributed by atoms with van der Waals surface area (Å²) in [7, 11) is 3.45. The Hall–Kier alpha value is -3.06. The van der Waals surface area contributed by atoms with E-state index in [4.69, 9.17) is 9.47 Å². The molecule has 0 aromatic heterocycles. The van der Waals surface area contributed by atoms with Crippen molar-refractivity contribution in [2.45, 2.75) is 45.9 Å². The number of nitrogens with one attached hydrogen (secondary N) is 3. The third-order valence-corrected chi connectivity index (χ3v) is 4.29. The third kappa shape index (κ3) is 9.53. The van der Waals surface area contributed by atoms with Gasteiger partial charge in [0.15, 0.2) is 5.96 Å². The van der Waals surface area contributed by atoms with Gasteiger partial charge in [-0.15, -0.1) is 0 Å². The summed E-state index contributed by atoms with van der Waals surface area (Å²) in [6.45, 7) is 7.54. The molecule has 7 heteroatoms. The molecule has 2 aromatic rings. The fourth-order valence-electron chi connectivity index (χ4n) is 2.90. The van der Waals surface area contributed by atoms with Crippen LogP contribution in [0.25, 0.3) is 0 Å². The number of guanidine groups is 1. The monoisotopic (exact) mass is 426 g/mol. The van der Waals surface area contributed by atoms with Gasteiger partial charge in [-0.3, -0.25) is 10.3 Å². The fourth-order valence-corrected chi connectivity index (χ4v) is 2.90. The van der Waals surface area contributed by atoms with Crippen LogP contribution in [0.1, 0.15) is 37.5 Å². The van der Waals surface area contributed by atoms with E-state index < -0.39 is 11.7 Å². The third-order valence-electron chi connectivity index (χ3n) is 4.29. The van der Waals surface area contributed by atoms with Gasteiger partial charge in [0.05, 0.1) is 6.61 Å². The molecule has 0 heterocycles. The lowest BCUT2D eigenvalue weighted by Gasteiger charge is -2.19. The van der Waals surface area contributed by atoms with E-state index in [0.717, 1.165) is 30.1 Å². The van der Waals surface area contributed by atoms with Crippen molar-refractivity contribution in [1.29, 1.82) is 0 Å². The van der Waals surface area contributed by atoms with Crippen LogP contribution in [0.3, 0.4) is 0 Å². The molecule has 2 rings (SSSR count). The van der Waals surface area contributed by atoms with Crippen LogP contribution in [0.5, 0.6) is 0 Å². The van der Waals surface area contributed by atoms with Crippen molar-refractivity contribution in [3.05, 3.63) is 65.2 Å². The quantitative estimate of drug-likeness (QED) is 0.437. The first-order valence-electron chi connectivity index (χ1n) is 10.4. The van der Waals surface area contributed by atoms with Crippen LogP contribution in [0.4, 0.5) is 10.5 Å². The van der Waals surface area contributed by atoms with Crippen LogP contribution < -0.4 is 16.0 Å². The Balaban J connectivity index is 1.76. The molecule has 0 fully saturated rings. The molecule has 2 aromatic carbocycles. The first-order chi connectivity index (χ1) is 14.8. The summed E-state index contributed by atoms with van der Waals surface area (Å²) in [6, 6.07) is 16.0. The average molecular weight is 427 g/mol. The fraction of sp³-hybridized carbons (Fsp3) is 0.417. The predicted molar refractivity (Wildman–Crippen MR) is 125 cm³/mol. The number of aliphatic imine (C=N–C) groups is 1. The molecule has 0 atom stereocenters. The van der Waals surface area contributed by atoms with Crippen molar-refractivity contribution in [2.24, 2.45) is 4.99 Å². The number of nitrogens with zero attached hydrogens (tertiary/aromatic N) is 1. The van der Waals surface area contributed by atoms with Gasteiger partial charge in [-0.25, -0.2) is 4.79 Å². The zero-order valence-electron chi connectivity index (χ0n) is 19.1. The number of carbonyl (C=O) groups is 1. The molecular formula is C24H34N4O3. The average Bonchev–Trinajstić information content (AvgIpc) is 2.71. The van der Waals surface area contributed by atoms with E-state index in [1.807, 2.05) is 57.2 Å². The number of methoxy groups -OCH3 is 1. The number of amides is 1. The smallest absolute Gasteiger partial charge is 0.412 e. The highest BCUT2D eigenvalue weighted by Crippen LogP contribution is 2.13. The van der Waals surface area contributed by atoms with Gasteiger partial charge >= 0.3 is 6.09 Å². The molecule has 0 saturated carbocycles. The molecule has 0 aliphatic rings. The number of rotatable bonds is 8. The van der Waals surface area contributed by atoms with Gasteiger partial charge in [-0.1, -0.05) is 36.4 Å². The molecule has 168 valence electrons. The number of hydrogen-bond donors (Lipinski definition) is 3. The Morgan fingerprint density at radius 2 is 1.71 bits per heavy atom. The maximum absolute atomic E-state index is 11.8. The number of ether oxygens (including phenoxy) is 2. The molecule has 0 radical (unpaired) electrons. The molecule has 0 aliphatic carbocycles. The van der Waals surface area contributed by atoms with Crippen LogP contribution in [-0.2, 0) is 29.0 Å². The van der Waals surface area contributed by atoms with E-state index in [1.54, 1.807) is 14.2 Å². The second kappa shape index (κ2) is 12.0. The number of hydrogen-bond acceptors (Lipinski definition) is 4. The van der Waals surface area contributed by atoms with Gasteiger partial charge in [0.2, 0.25) is 0 Å². The van der Waals surface area contributed by atoms with Gasteiger partial charge in [-0.2, -0.15) is 0 Å². The minimum absolute atomic E-state index is 0.454. The second-order valence-electron chi connectivity index (χ2n) is 8.18. The van der Waals surface area contributed by atoms with Crippen LogP contribution in [-0.4, -0.2) is 38.4 Å². The van der Waals surface area contributed by atoms with Crippen molar-refractivity contribution < 1.29 is 14.3 Å². The van der Waals surface area contributed by atoms with Crippen molar-refractivity contribution in [3.63, 3.8) is 0 Å². The van der Waals surface area contributed by atoms with Gasteiger partial charge in [0, 0.05) is 32.9 Å². The zero-order chi connectivity index (χ0) is 22.7. The van der Waals surface area contributed by atoms with Crippen molar-refractivity contribution in [2.75, 3.05) is 26.0 Å². The Morgan fingerprint density at radius 1 is 1.00 bits per heavy atom. The van der Waals surface area contributed by atoms with Crippen LogP contribution in [0.2, 0.25) is 0 Å². The van der Waals surface area contributed by atoms with Gasteiger partial charge in [0.1, 0.15) is 5.60 Å². The van der Waals surface area contributed by atoms with Gasteiger partial charge in [-0.05, 0) is 56.0 Å². The molecule has 0 saturated heterocycles. The normalized spacial score (nSPS) is 11.7. The van der Waals surface area contributed by atoms with E-state index in [2.05, 4.69) is 33.1 Å². The van der Waals surface area contributed by atoms with E-state index >= 15 is 0 Å². The van der Waals surface area contributed by atoms with Crippen LogP contribution >= 0.6 is 0 Å². The predicted octanol–water partition coefficient (Wildman–Crippen LogP) is 4.09. The Bertz CT molecular complexity index is 858. The Morgan fingerprint density at radius 3 is 2.35 bits per heavy atom. The Kier molecular flexibility index (Phi) is 9.34. The lowest BCUT2D eigenvalue weighted by molar-refractivity contribution is 0.0636. The molecule has 3 N–H and O–H groups in total. The lowest BCUT2D eigenvalue weighted by atomic mass is 10.1. The SMILES string of the molecule is CN=C(NCCc1ccc(NC(=O)OC(C)(C)C)cc1)NCc1cccc(COC)c1.